The number of carbonyl (C=O) groups excluding carboxylic acids is 2. The maximum atomic E-state index is 13.4. The van der Waals surface area contributed by atoms with Crippen LogP contribution < -0.4 is 10.1 Å². The van der Waals surface area contributed by atoms with Crippen LogP contribution in [-0.2, 0) is 10.3 Å². The first kappa shape index (κ1) is 22.1. The van der Waals surface area contributed by atoms with Gasteiger partial charge in [0.2, 0.25) is 0 Å². The number of halogens is 1. The summed E-state index contributed by atoms with van der Waals surface area (Å²) in [5.41, 5.74) is -0.207. The largest absolute Gasteiger partial charge is 0.492 e. The smallest absolute Gasteiger partial charge is 0.326 e. The number of rotatable bonds is 9. The van der Waals surface area contributed by atoms with Crippen molar-refractivity contribution in [3.8, 4) is 5.75 Å². The molecule has 1 N–H and O–H groups in total. The lowest BCUT2D eigenvalue weighted by atomic mass is 9.82. The van der Waals surface area contributed by atoms with Crippen LogP contribution >= 0.6 is 11.6 Å². The summed E-state index contributed by atoms with van der Waals surface area (Å²) in [6.07, 6.45) is 0.543. The summed E-state index contributed by atoms with van der Waals surface area (Å²) in [5, 5.41) is 3.63. The van der Waals surface area contributed by atoms with E-state index in [2.05, 4.69) is 5.32 Å². The standard InChI is InChI=1S/C23H28ClN3O3/c1-17(2)15-23(18-7-5-4-6-8-18)21(28)27(22(29)25-23)16-26(3)13-14-30-20-11-9-19(24)10-12-20/h4-12,17H,13-16H2,1-3H3,(H,25,29)/t23-/m0/s1. The summed E-state index contributed by atoms with van der Waals surface area (Å²) in [6, 6.07) is 16.3. The van der Waals surface area contributed by atoms with E-state index < -0.39 is 5.54 Å². The van der Waals surface area contributed by atoms with E-state index in [0.717, 1.165) is 11.3 Å². The molecule has 3 amide bonds. The third-order valence-corrected chi connectivity index (χ3v) is 5.35. The van der Waals surface area contributed by atoms with Crippen molar-refractivity contribution in [2.75, 3.05) is 26.9 Å². The highest BCUT2D eigenvalue weighted by Crippen LogP contribution is 2.35. The molecule has 0 unspecified atom stereocenters. The van der Waals surface area contributed by atoms with Crippen molar-refractivity contribution in [2.45, 2.75) is 25.8 Å². The Kier molecular flexibility index (Phi) is 7.00. The Balaban J connectivity index is 1.65. The molecule has 0 bridgehead atoms. The second-order valence-corrected chi connectivity index (χ2v) is 8.49. The number of nitrogens with one attached hydrogen (secondary N) is 1. The molecule has 2 aromatic rings. The molecular weight excluding hydrogens is 402 g/mol. The SMILES string of the molecule is CC(C)C[C@@]1(c2ccccc2)NC(=O)N(CN(C)CCOc2ccc(Cl)cc2)C1=O. The summed E-state index contributed by atoms with van der Waals surface area (Å²) in [5.74, 6) is 0.751. The number of amides is 3. The molecule has 7 heteroatoms. The second kappa shape index (κ2) is 9.49. The minimum atomic E-state index is -1.02. The molecule has 1 heterocycles. The molecule has 1 atom stereocenters. The van der Waals surface area contributed by atoms with Crippen LogP contribution in [0.25, 0.3) is 0 Å². The van der Waals surface area contributed by atoms with Gasteiger partial charge in [-0.3, -0.25) is 9.69 Å². The monoisotopic (exact) mass is 429 g/mol. The van der Waals surface area contributed by atoms with Gasteiger partial charge in [-0.15, -0.1) is 0 Å². The van der Waals surface area contributed by atoms with Gasteiger partial charge in [0.1, 0.15) is 17.9 Å². The Morgan fingerprint density at radius 2 is 1.77 bits per heavy atom. The van der Waals surface area contributed by atoms with Crippen molar-refractivity contribution in [3.05, 3.63) is 65.2 Å². The number of nitrogens with zero attached hydrogens (tertiary/aromatic N) is 2. The van der Waals surface area contributed by atoms with E-state index in [1.54, 1.807) is 24.3 Å². The van der Waals surface area contributed by atoms with Crippen LogP contribution in [0.5, 0.6) is 5.75 Å². The molecule has 1 saturated heterocycles. The first-order valence-corrected chi connectivity index (χ1v) is 10.5. The van der Waals surface area contributed by atoms with Crippen LogP contribution in [0.15, 0.2) is 54.6 Å². The molecule has 3 rings (SSSR count). The lowest BCUT2D eigenvalue weighted by Gasteiger charge is -2.29. The Morgan fingerprint density at radius 3 is 2.40 bits per heavy atom. The van der Waals surface area contributed by atoms with E-state index in [4.69, 9.17) is 16.3 Å². The first-order valence-electron chi connectivity index (χ1n) is 10.1. The van der Waals surface area contributed by atoms with Crippen molar-refractivity contribution in [2.24, 2.45) is 5.92 Å². The van der Waals surface area contributed by atoms with Crippen LogP contribution in [0.4, 0.5) is 4.79 Å². The van der Waals surface area contributed by atoms with Gasteiger partial charge in [0.25, 0.3) is 5.91 Å². The van der Waals surface area contributed by atoms with E-state index >= 15 is 0 Å². The van der Waals surface area contributed by atoms with Gasteiger partial charge in [-0.05, 0) is 49.2 Å². The summed E-state index contributed by atoms with van der Waals surface area (Å²) in [7, 11) is 1.86. The number of urea groups is 1. The lowest BCUT2D eigenvalue weighted by Crippen LogP contribution is -2.46. The molecule has 30 heavy (non-hydrogen) atoms. The number of hydrogen-bond acceptors (Lipinski definition) is 4. The maximum Gasteiger partial charge on any atom is 0.326 e. The van der Waals surface area contributed by atoms with E-state index in [1.165, 1.54) is 4.90 Å². The molecule has 0 radical (unpaired) electrons. The van der Waals surface area contributed by atoms with Gasteiger partial charge in [-0.1, -0.05) is 55.8 Å². The molecule has 6 nitrogen and oxygen atoms in total. The molecule has 1 aliphatic rings. The molecular formula is C23H28ClN3O3. The zero-order valence-corrected chi connectivity index (χ0v) is 18.4. The van der Waals surface area contributed by atoms with Crippen molar-refractivity contribution in [1.29, 1.82) is 0 Å². The lowest BCUT2D eigenvalue weighted by molar-refractivity contribution is -0.133. The van der Waals surface area contributed by atoms with Crippen LogP contribution in [0.2, 0.25) is 5.02 Å². The van der Waals surface area contributed by atoms with Gasteiger partial charge in [0.05, 0.1) is 6.67 Å². The molecule has 2 aromatic carbocycles. The van der Waals surface area contributed by atoms with E-state index in [-0.39, 0.29) is 24.5 Å². The van der Waals surface area contributed by atoms with Crippen LogP contribution in [0, 0.1) is 5.92 Å². The van der Waals surface area contributed by atoms with Gasteiger partial charge >= 0.3 is 6.03 Å². The Bertz CT molecular complexity index is 873. The number of carbonyl (C=O) groups is 2. The van der Waals surface area contributed by atoms with Crippen molar-refractivity contribution in [3.63, 3.8) is 0 Å². The van der Waals surface area contributed by atoms with Gasteiger partial charge in [-0.2, -0.15) is 0 Å². The molecule has 160 valence electrons. The fraction of sp³-hybridized carbons (Fsp3) is 0.391. The van der Waals surface area contributed by atoms with E-state index in [0.29, 0.717) is 24.6 Å². The van der Waals surface area contributed by atoms with E-state index in [1.807, 2.05) is 56.1 Å². The van der Waals surface area contributed by atoms with Crippen molar-refractivity contribution < 1.29 is 14.3 Å². The van der Waals surface area contributed by atoms with Gasteiger partial charge < -0.3 is 10.1 Å². The molecule has 0 spiro atoms. The highest BCUT2D eigenvalue weighted by atomic mass is 35.5. The summed E-state index contributed by atoms with van der Waals surface area (Å²) >= 11 is 5.88. The summed E-state index contributed by atoms with van der Waals surface area (Å²) in [4.78, 5) is 29.3. The average Bonchev–Trinajstić information content (AvgIpc) is 2.94. The van der Waals surface area contributed by atoms with Gasteiger partial charge in [0, 0.05) is 11.6 Å². The quantitative estimate of drug-likeness (QED) is 0.609. The molecule has 0 saturated carbocycles. The zero-order chi connectivity index (χ0) is 21.7. The minimum Gasteiger partial charge on any atom is -0.492 e. The molecule has 1 fully saturated rings. The maximum absolute atomic E-state index is 13.4. The van der Waals surface area contributed by atoms with Crippen LogP contribution in [0.3, 0.4) is 0 Å². The minimum absolute atomic E-state index is 0.196. The van der Waals surface area contributed by atoms with Crippen molar-refractivity contribution in [1.82, 2.24) is 15.1 Å². The predicted octanol–water partition coefficient (Wildman–Crippen LogP) is 4.10. The first-order chi connectivity index (χ1) is 14.3. The predicted molar refractivity (Wildman–Crippen MR) is 117 cm³/mol. The number of likely N-dealkylation sites (N-methyl/N-ethyl adjacent to an activating group) is 1. The molecule has 1 aliphatic heterocycles. The molecule has 0 aromatic heterocycles. The number of benzene rings is 2. The number of hydrogen-bond donors (Lipinski definition) is 1. The Morgan fingerprint density at radius 1 is 1.10 bits per heavy atom. The normalized spacial score (nSPS) is 18.9. The van der Waals surface area contributed by atoms with Gasteiger partial charge in [-0.25, -0.2) is 9.69 Å². The third kappa shape index (κ3) is 4.94. The van der Waals surface area contributed by atoms with Crippen LogP contribution in [-0.4, -0.2) is 48.6 Å². The van der Waals surface area contributed by atoms with Crippen LogP contribution in [0.1, 0.15) is 25.8 Å². The zero-order valence-electron chi connectivity index (χ0n) is 17.6. The second-order valence-electron chi connectivity index (χ2n) is 8.06. The third-order valence-electron chi connectivity index (χ3n) is 5.09. The summed E-state index contributed by atoms with van der Waals surface area (Å²) in [6.45, 7) is 5.28. The Hall–Kier alpha value is -2.57. The van der Waals surface area contributed by atoms with Crippen molar-refractivity contribution >= 4 is 23.5 Å². The van der Waals surface area contributed by atoms with Gasteiger partial charge in [0.15, 0.2) is 0 Å². The fourth-order valence-electron chi connectivity index (χ4n) is 3.70. The topological polar surface area (TPSA) is 61.9 Å². The highest BCUT2D eigenvalue weighted by molar-refractivity contribution is 6.30. The summed E-state index contributed by atoms with van der Waals surface area (Å²) < 4.78 is 5.71. The fourth-order valence-corrected chi connectivity index (χ4v) is 3.83. The number of imide groups is 1. The van der Waals surface area contributed by atoms with E-state index in [9.17, 15) is 9.59 Å². The Labute approximate surface area is 182 Å². The highest BCUT2D eigenvalue weighted by Gasteiger charge is 2.52. The average molecular weight is 430 g/mol. The molecule has 0 aliphatic carbocycles. The number of ether oxygens (including phenoxy) is 1.